The van der Waals surface area contributed by atoms with Gasteiger partial charge >= 0.3 is 0 Å². The fraction of sp³-hybridized carbons (Fsp3) is 0. The van der Waals surface area contributed by atoms with Crippen LogP contribution in [-0.2, 0) is 0 Å². The fourth-order valence-electron chi connectivity index (χ4n) is 1.85. The molecule has 2 aromatic heterocycles. The largest absolute Gasteiger partial charge is 1.00 e. The zero-order valence-electron chi connectivity index (χ0n) is 8.61. The van der Waals surface area contributed by atoms with Gasteiger partial charge in [-0.1, -0.05) is 0 Å². The highest BCUT2D eigenvalue weighted by Crippen LogP contribution is 2.27. The SMILES string of the molecule is O=C1C(=O)c2ccc[nH+]c2-c2ncccc21.[Cl-]. The summed E-state index contributed by atoms with van der Waals surface area (Å²) >= 11 is 0. The van der Waals surface area contributed by atoms with E-state index in [4.69, 9.17) is 0 Å². The number of ketones is 2. The Morgan fingerprint density at radius 1 is 1.00 bits per heavy atom. The second kappa shape index (κ2) is 4.07. The van der Waals surface area contributed by atoms with E-state index in [1.165, 1.54) is 0 Å². The van der Waals surface area contributed by atoms with Crippen LogP contribution in [-0.4, -0.2) is 16.6 Å². The average molecular weight is 247 g/mol. The maximum atomic E-state index is 11.8. The molecule has 84 valence electrons. The molecule has 0 unspecified atom stereocenters. The number of carbonyl (C=O) groups is 2. The van der Waals surface area contributed by atoms with Crippen LogP contribution in [0.5, 0.6) is 0 Å². The van der Waals surface area contributed by atoms with Gasteiger partial charge in [0.2, 0.25) is 17.3 Å². The number of H-pyrrole nitrogens is 1. The minimum Gasteiger partial charge on any atom is -1.00 e. The normalized spacial score (nSPS) is 12.5. The van der Waals surface area contributed by atoms with Crippen LogP contribution in [0, 0.1) is 0 Å². The van der Waals surface area contributed by atoms with E-state index in [2.05, 4.69) is 9.97 Å². The molecule has 0 saturated carbocycles. The molecule has 0 aliphatic heterocycles. The summed E-state index contributed by atoms with van der Waals surface area (Å²) in [5, 5.41) is 0. The van der Waals surface area contributed by atoms with Crippen LogP contribution in [0.25, 0.3) is 11.4 Å². The number of carbonyl (C=O) groups excluding carboxylic acids is 2. The molecule has 0 spiro atoms. The van der Waals surface area contributed by atoms with Crippen molar-refractivity contribution < 1.29 is 27.0 Å². The van der Waals surface area contributed by atoms with Gasteiger partial charge in [0.15, 0.2) is 6.20 Å². The minimum atomic E-state index is -0.491. The molecule has 0 fully saturated rings. The first-order chi connectivity index (χ1) is 7.79. The molecule has 0 saturated heterocycles. The molecule has 1 N–H and O–H groups in total. The summed E-state index contributed by atoms with van der Waals surface area (Å²) in [5.41, 5.74) is 1.91. The van der Waals surface area contributed by atoms with Gasteiger partial charge < -0.3 is 12.4 Å². The molecule has 17 heavy (non-hydrogen) atoms. The predicted octanol–water partition coefficient (Wildman–Crippen LogP) is -2.05. The molecule has 0 bridgehead atoms. The molecule has 0 radical (unpaired) electrons. The molecule has 1 aliphatic carbocycles. The van der Waals surface area contributed by atoms with Crippen LogP contribution in [0.1, 0.15) is 20.7 Å². The number of hydrogen-bond donors (Lipinski definition) is 0. The summed E-state index contributed by atoms with van der Waals surface area (Å²) in [6.45, 7) is 0. The maximum absolute atomic E-state index is 11.8. The first-order valence-corrected chi connectivity index (χ1v) is 4.84. The monoisotopic (exact) mass is 246 g/mol. The van der Waals surface area contributed by atoms with Gasteiger partial charge in [-0.15, -0.1) is 0 Å². The first-order valence-electron chi connectivity index (χ1n) is 4.84. The lowest BCUT2D eigenvalue weighted by atomic mass is 9.91. The Hall–Kier alpha value is -2.07. The van der Waals surface area contributed by atoms with Gasteiger partial charge in [-0.2, -0.15) is 0 Å². The van der Waals surface area contributed by atoms with Crippen molar-refractivity contribution in [2.24, 2.45) is 0 Å². The maximum Gasteiger partial charge on any atom is 0.241 e. The van der Waals surface area contributed by atoms with Gasteiger partial charge in [-0.3, -0.25) is 9.59 Å². The number of nitrogens with zero attached hydrogens (tertiary/aromatic N) is 1. The summed E-state index contributed by atoms with van der Waals surface area (Å²) in [6, 6.07) is 6.59. The Kier molecular flexibility index (Phi) is 2.73. The Balaban J connectivity index is 0.00000108. The molecule has 4 nitrogen and oxygen atoms in total. The molecule has 1 aliphatic rings. The smallest absolute Gasteiger partial charge is 0.241 e. The van der Waals surface area contributed by atoms with Gasteiger partial charge in [-0.05, 0) is 18.2 Å². The van der Waals surface area contributed by atoms with Crippen molar-refractivity contribution in [2.75, 3.05) is 0 Å². The van der Waals surface area contributed by atoms with Crippen molar-refractivity contribution >= 4 is 11.6 Å². The molecule has 5 heteroatoms. The third kappa shape index (κ3) is 1.54. The topological polar surface area (TPSA) is 61.2 Å². The van der Waals surface area contributed by atoms with E-state index in [0.29, 0.717) is 22.5 Å². The third-order valence-corrected chi connectivity index (χ3v) is 2.60. The van der Waals surface area contributed by atoms with Crippen molar-refractivity contribution in [1.82, 2.24) is 4.98 Å². The fourth-order valence-corrected chi connectivity index (χ4v) is 1.85. The third-order valence-electron chi connectivity index (χ3n) is 2.60. The Morgan fingerprint density at radius 2 is 1.71 bits per heavy atom. The highest BCUT2D eigenvalue weighted by molar-refractivity contribution is 6.52. The molecule has 2 aromatic rings. The average Bonchev–Trinajstić information content (AvgIpc) is 2.36. The standard InChI is InChI=1S/C12H6N2O2.ClH/c15-11-7-3-1-5-13-9(7)10-8(12(11)16)4-2-6-14-10;/h1-6H;1H. The highest BCUT2D eigenvalue weighted by Gasteiger charge is 2.34. The van der Waals surface area contributed by atoms with Crippen LogP contribution < -0.4 is 17.4 Å². The Bertz CT molecular complexity index is 570. The second-order valence-corrected chi connectivity index (χ2v) is 3.52. The van der Waals surface area contributed by atoms with Crippen molar-refractivity contribution in [3.63, 3.8) is 0 Å². The lowest BCUT2D eigenvalue weighted by Gasteiger charge is -2.10. The van der Waals surface area contributed by atoms with Gasteiger partial charge in [0.25, 0.3) is 0 Å². The van der Waals surface area contributed by atoms with Crippen LogP contribution >= 0.6 is 0 Å². The summed E-state index contributed by atoms with van der Waals surface area (Å²) in [6.07, 6.45) is 3.31. The minimum absolute atomic E-state index is 0. The van der Waals surface area contributed by atoms with E-state index in [1.807, 2.05) is 0 Å². The molecule has 0 atom stereocenters. The second-order valence-electron chi connectivity index (χ2n) is 3.52. The zero-order valence-corrected chi connectivity index (χ0v) is 9.36. The molecule has 0 aromatic carbocycles. The van der Waals surface area contributed by atoms with E-state index >= 15 is 0 Å². The highest BCUT2D eigenvalue weighted by atomic mass is 35.5. The van der Waals surface area contributed by atoms with Gasteiger partial charge in [-0.25, -0.2) is 9.97 Å². The van der Waals surface area contributed by atoms with Crippen LogP contribution in [0.4, 0.5) is 0 Å². The van der Waals surface area contributed by atoms with Crippen molar-refractivity contribution in [3.8, 4) is 11.4 Å². The number of aromatic nitrogens is 2. The summed E-state index contributed by atoms with van der Waals surface area (Å²) in [7, 11) is 0. The quantitative estimate of drug-likeness (QED) is 0.503. The summed E-state index contributed by atoms with van der Waals surface area (Å²) < 4.78 is 0. The van der Waals surface area contributed by atoms with Crippen molar-refractivity contribution in [2.45, 2.75) is 0 Å². The number of hydrogen-bond acceptors (Lipinski definition) is 3. The number of nitrogens with one attached hydrogen (secondary N) is 1. The van der Waals surface area contributed by atoms with E-state index in [9.17, 15) is 9.59 Å². The molecular weight excluding hydrogens is 240 g/mol. The van der Waals surface area contributed by atoms with Crippen molar-refractivity contribution in [3.05, 3.63) is 47.8 Å². The van der Waals surface area contributed by atoms with E-state index in [1.54, 1.807) is 36.7 Å². The Labute approximate surface area is 103 Å². The van der Waals surface area contributed by atoms with Crippen LogP contribution in [0.15, 0.2) is 36.7 Å². The number of fused-ring (bicyclic) bond motifs is 3. The predicted molar refractivity (Wildman–Crippen MR) is 54.9 cm³/mol. The van der Waals surface area contributed by atoms with Crippen LogP contribution in [0.3, 0.4) is 0 Å². The lowest BCUT2D eigenvalue weighted by Crippen LogP contribution is -3.00. The van der Waals surface area contributed by atoms with Crippen molar-refractivity contribution in [1.29, 1.82) is 0 Å². The number of pyridine rings is 2. The van der Waals surface area contributed by atoms with Gasteiger partial charge in [0, 0.05) is 12.3 Å². The molecule has 0 amide bonds. The summed E-state index contributed by atoms with van der Waals surface area (Å²) in [4.78, 5) is 30.7. The van der Waals surface area contributed by atoms with E-state index in [-0.39, 0.29) is 12.4 Å². The number of rotatable bonds is 0. The Morgan fingerprint density at radius 3 is 2.53 bits per heavy atom. The molecule has 2 heterocycles. The first kappa shape index (κ1) is 11.4. The van der Waals surface area contributed by atoms with Gasteiger partial charge in [0.1, 0.15) is 11.3 Å². The van der Waals surface area contributed by atoms with Crippen LogP contribution in [0.2, 0.25) is 0 Å². The number of aromatic amines is 1. The zero-order chi connectivity index (χ0) is 11.1. The van der Waals surface area contributed by atoms with Gasteiger partial charge in [0.05, 0.1) is 5.56 Å². The molecular formula is C12H7ClN2O2. The number of halogens is 1. The van der Waals surface area contributed by atoms with E-state index < -0.39 is 11.6 Å². The number of Topliss-reactive ketones (excluding diaryl/α,β-unsaturated/α-hetero) is 2. The summed E-state index contributed by atoms with van der Waals surface area (Å²) in [5.74, 6) is -0.970. The molecule has 3 rings (SSSR count). The van der Waals surface area contributed by atoms with E-state index in [0.717, 1.165) is 0 Å². The lowest BCUT2D eigenvalue weighted by molar-refractivity contribution is -0.365.